The minimum atomic E-state index is -4.92. The van der Waals surface area contributed by atoms with Gasteiger partial charge in [0.15, 0.2) is 0 Å². The molecule has 130 valence electrons. The SMILES string of the molecule is CC[NH+](CC)c1ccc([NH3+])cc1.O=S(=O)([O-])O.O=S(=O)([O-])O. The van der Waals surface area contributed by atoms with Crippen LogP contribution in [-0.4, -0.2) is 48.1 Å². The van der Waals surface area contributed by atoms with E-state index in [9.17, 15) is 0 Å². The molecule has 0 atom stereocenters. The van der Waals surface area contributed by atoms with Crippen molar-refractivity contribution in [3.05, 3.63) is 24.3 Å². The van der Waals surface area contributed by atoms with Crippen LogP contribution >= 0.6 is 0 Å². The number of benzene rings is 1. The van der Waals surface area contributed by atoms with Gasteiger partial charge in [-0.2, -0.15) is 0 Å². The van der Waals surface area contributed by atoms with E-state index in [2.05, 4.69) is 43.8 Å². The molecule has 0 unspecified atom stereocenters. The minimum absolute atomic E-state index is 1.09. The first kappa shape index (κ1) is 23.2. The highest BCUT2D eigenvalue weighted by molar-refractivity contribution is 7.80. The second kappa shape index (κ2) is 10.6. The number of hydrogen-bond acceptors (Lipinski definition) is 6. The topological polar surface area (TPSA) is 187 Å². The van der Waals surface area contributed by atoms with Crippen molar-refractivity contribution in [2.45, 2.75) is 13.8 Å². The molecule has 0 heterocycles. The summed E-state index contributed by atoms with van der Waals surface area (Å²) in [5, 5.41) is 0. The predicted molar refractivity (Wildman–Crippen MR) is 75.3 cm³/mol. The van der Waals surface area contributed by atoms with Crippen molar-refractivity contribution in [1.29, 1.82) is 0 Å². The van der Waals surface area contributed by atoms with Crippen LogP contribution in [0.5, 0.6) is 0 Å². The van der Waals surface area contributed by atoms with Crippen molar-refractivity contribution < 1.29 is 45.7 Å². The van der Waals surface area contributed by atoms with Gasteiger partial charge in [-0.25, -0.2) is 16.8 Å². The van der Waals surface area contributed by atoms with Crippen molar-refractivity contribution in [2.75, 3.05) is 13.1 Å². The summed E-state index contributed by atoms with van der Waals surface area (Å²) in [6.45, 7) is 6.70. The lowest BCUT2D eigenvalue weighted by Gasteiger charge is -2.13. The van der Waals surface area contributed by atoms with Crippen LogP contribution in [0, 0.1) is 0 Å². The fraction of sp³-hybridized carbons (Fsp3) is 0.400. The Labute approximate surface area is 129 Å². The molecule has 0 bridgehead atoms. The van der Waals surface area contributed by atoms with Gasteiger partial charge in [0.05, 0.1) is 13.1 Å². The monoisotopic (exact) mass is 360 g/mol. The third-order valence-corrected chi connectivity index (χ3v) is 2.22. The minimum Gasteiger partial charge on any atom is -0.726 e. The lowest BCUT2D eigenvalue weighted by atomic mass is 10.2. The highest BCUT2D eigenvalue weighted by Crippen LogP contribution is 2.04. The molecule has 10 nitrogen and oxygen atoms in total. The van der Waals surface area contributed by atoms with E-state index in [1.165, 1.54) is 10.6 Å². The van der Waals surface area contributed by atoms with Crippen molar-refractivity contribution in [1.82, 2.24) is 0 Å². The van der Waals surface area contributed by atoms with Gasteiger partial charge < -0.3 is 19.7 Å². The highest BCUT2D eigenvalue weighted by atomic mass is 32.3. The molecule has 1 aromatic rings. The summed E-state index contributed by atoms with van der Waals surface area (Å²) in [7, 11) is -9.83. The normalized spacial score (nSPS) is 11.1. The zero-order valence-corrected chi connectivity index (χ0v) is 13.7. The molecular weight excluding hydrogens is 340 g/mol. The van der Waals surface area contributed by atoms with Crippen molar-refractivity contribution >= 4 is 32.2 Å². The molecule has 0 saturated heterocycles. The summed E-state index contributed by atoms with van der Waals surface area (Å²) >= 11 is 0. The molecule has 0 spiro atoms. The highest BCUT2D eigenvalue weighted by Gasteiger charge is 2.05. The number of nitrogens with one attached hydrogen (secondary N) is 1. The summed E-state index contributed by atoms with van der Waals surface area (Å²) in [6, 6.07) is 8.46. The fourth-order valence-electron chi connectivity index (χ4n) is 1.40. The molecule has 0 radical (unpaired) electrons. The van der Waals surface area contributed by atoms with Gasteiger partial charge in [-0.1, -0.05) is 0 Å². The maximum Gasteiger partial charge on any atom is 0.215 e. The predicted octanol–water partition coefficient (Wildman–Crippen LogP) is -1.87. The molecule has 0 aliphatic rings. The maximum absolute atomic E-state index is 8.63. The second-order valence-electron chi connectivity index (χ2n) is 3.86. The first-order chi connectivity index (χ1) is 9.77. The smallest absolute Gasteiger partial charge is 0.215 e. The number of hydrogen-bond donors (Lipinski definition) is 4. The fourth-order valence-corrected chi connectivity index (χ4v) is 1.40. The van der Waals surface area contributed by atoms with Gasteiger partial charge in [0.1, 0.15) is 11.4 Å². The van der Waals surface area contributed by atoms with Crippen LogP contribution in [-0.2, 0) is 20.8 Å². The Balaban J connectivity index is 0. The van der Waals surface area contributed by atoms with Crippen LogP contribution in [0.1, 0.15) is 13.8 Å². The Morgan fingerprint density at radius 2 is 1.23 bits per heavy atom. The van der Waals surface area contributed by atoms with Crippen LogP contribution < -0.4 is 10.6 Å². The largest absolute Gasteiger partial charge is 0.726 e. The summed E-state index contributed by atoms with van der Waals surface area (Å²) < 4.78 is 65.7. The van der Waals surface area contributed by atoms with Crippen LogP contribution in [0.3, 0.4) is 0 Å². The van der Waals surface area contributed by atoms with Crippen LogP contribution in [0.25, 0.3) is 0 Å². The average molecular weight is 360 g/mol. The van der Waals surface area contributed by atoms with E-state index in [0.717, 1.165) is 18.8 Å². The third kappa shape index (κ3) is 21.2. The van der Waals surface area contributed by atoms with Crippen LogP contribution in [0.4, 0.5) is 11.4 Å². The van der Waals surface area contributed by atoms with E-state index >= 15 is 0 Å². The molecule has 1 rings (SSSR count). The van der Waals surface area contributed by atoms with Gasteiger partial charge in [-0.3, -0.25) is 9.11 Å². The van der Waals surface area contributed by atoms with E-state index in [1.807, 2.05) is 0 Å². The number of quaternary nitrogens is 2. The molecular formula is C10H20N2O8S2. The van der Waals surface area contributed by atoms with E-state index < -0.39 is 20.8 Å². The Hall–Kier alpha value is -1.12. The molecule has 0 amide bonds. The van der Waals surface area contributed by atoms with Gasteiger partial charge in [-0.15, -0.1) is 0 Å². The van der Waals surface area contributed by atoms with E-state index in [0.29, 0.717) is 0 Å². The molecule has 1 aromatic carbocycles. The summed E-state index contributed by atoms with van der Waals surface area (Å²) in [4.78, 5) is 1.52. The molecule has 6 N–H and O–H groups in total. The lowest BCUT2D eigenvalue weighted by molar-refractivity contribution is -0.828. The first-order valence-corrected chi connectivity index (χ1v) is 8.64. The summed E-state index contributed by atoms with van der Waals surface area (Å²) in [5.41, 5.74) is 6.32. The Morgan fingerprint density at radius 3 is 1.45 bits per heavy atom. The molecule has 0 aliphatic carbocycles. The molecule has 0 fully saturated rings. The average Bonchev–Trinajstić information content (AvgIpc) is 2.29. The first-order valence-electron chi connectivity index (χ1n) is 5.91. The summed E-state index contributed by atoms with van der Waals surface area (Å²) in [5.74, 6) is 0. The van der Waals surface area contributed by atoms with Gasteiger partial charge in [0.25, 0.3) is 0 Å². The van der Waals surface area contributed by atoms with E-state index in [1.54, 1.807) is 0 Å². The van der Waals surface area contributed by atoms with Crippen molar-refractivity contribution in [3.8, 4) is 0 Å². The molecule has 0 aliphatic heterocycles. The zero-order valence-electron chi connectivity index (χ0n) is 12.1. The third-order valence-electron chi connectivity index (χ3n) is 2.22. The Kier molecular flexibility index (Phi) is 11.1. The van der Waals surface area contributed by atoms with E-state index in [4.69, 9.17) is 35.0 Å². The Bertz CT molecular complexity index is 563. The van der Waals surface area contributed by atoms with E-state index in [-0.39, 0.29) is 0 Å². The molecule has 22 heavy (non-hydrogen) atoms. The van der Waals surface area contributed by atoms with Crippen LogP contribution in [0.2, 0.25) is 0 Å². The zero-order chi connectivity index (χ0) is 18.0. The molecule has 0 aromatic heterocycles. The second-order valence-corrected chi connectivity index (χ2v) is 5.57. The molecule has 0 saturated carbocycles. The van der Waals surface area contributed by atoms with Gasteiger partial charge in [0, 0.05) is 24.3 Å². The standard InChI is InChI=1S/C10H16N2.2H2O4S/c1-3-12(4-2)10-7-5-9(11)6-8-10;2*1-5(2,3)4/h5-8H,3-4,11H2,1-2H3;2*(H2,1,2,3,4). The Morgan fingerprint density at radius 1 is 0.955 bits per heavy atom. The van der Waals surface area contributed by atoms with Gasteiger partial charge in [-0.05, 0) is 13.8 Å². The van der Waals surface area contributed by atoms with Crippen molar-refractivity contribution in [2.24, 2.45) is 0 Å². The van der Waals surface area contributed by atoms with Crippen LogP contribution in [0.15, 0.2) is 24.3 Å². The quantitative estimate of drug-likeness (QED) is 0.356. The summed E-state index contributed by atoms with van der Waals surface area (Å²) in [6.07, 6.45) is 0. The van der Waals surface area contributed by atoms with Gasteiger partial charge >= 0.3 is 0 Å². The van der Waals surface area contributed by atoms with Gasteiger partial charge in [0.2, 0.25) is 20.8 Å². The van der Waals surface area contributed by atoms with Crippen molar-refractivity contribution in [3.63, 3.8) is 0 Å². The number of rotatable bonds is 3. The maximum atomic E-state index is 8.63. The molecule has 12 heteroatoms. The lowest BCUT2D eigenvalue weighted by Crippen LogP contribution is -3.06.